The van der Waals surface area contributed by atoms with Crippen LogP contribution in [0.3, 0.4) is 0 Å². The molecule has 0 fully saturated rings. The zero-order chi connectivity index (χ0) is 48.1. The van der Waals surface area contributed by atoms with Crippen molar-refractivity contribution in [2.24, 2.45) is 0 Å². The van der Waals surface area contributed by atoms with Gasteiger partial charge in [-0.2, -0.15) is 10.5 Å². The van der Waals surface area contributed by atoms with E-state index < -0.39 is 0 Å². The first-order chi connectivity index (χ1) is 34.4. The first-order valence-electron chi connectivity index (χ1n) is 23.1. The van der Waals surface area contributed by atoms with Crippen LogP contribution in [0.4, 0.5) is 56.9 Å². The maximum Gasteiger partial charge on any atom is 0.0992 e. The minimum atomic E-state index is 0.653. The molecule has 336 valence electrons. The molecule has 0 saturated heterocycles. The van der Waals surface area contributed by atoms with Gasteiger partial charge in [0, 0.05) is 71.0 Å². The quantitative estimate of drug-likeness (QED) is 0.122. The van der Waals surface area contributed by atoms with Crippen LogP contribution in [0.1, 0.15) is 11.1 Å². The van der Waals surface area contributed by atoms with Crippen molar-refractivity contribution < 1.29 is 0 Å². The minimum Gasteiger partial charge on any atom is -0.345 e. The largest absolute Gasteiger partial charge is 0.345 e. The number of nitrogens with zero attached hydrogens (tertiary/aromatic N) is 6. The van der Waals surface area contributed by atoms with Crippen molar-refractivity contribution in [2.45, 2.75) is 0 Å². The van der Waals surface area contributed by atoms with Gasteiger partial charge in [-0.25, -0.2) is 0 Å². The van der Waals surface area contributed by atoms with E-state index in [0.717, 1.165) is 56.9 Å². The zero-order valence-corrected chi connectivity index (χ0v) is 39.1. The van der Waals surface area contributed by atoms with Crippen LogP contribution in [0.2, 0.25) is 0 Å². The molecule has 0 aliphatic carbocycles. The lowest BCUT2D eigenvalue weighted by atomic mass is 10.0. The molecule has 0 atom stereocenters. The van der Waals surface area contributed by atoms with E-state index in [1.807, 2.05) is 86.9 Å². The van der Waals surface area contributed by atoms with Gasteiger partial charge in [-0.3, -0.25) is 0 Å². The molecule has 0 aromatic heterocycles. The Labute approximate surface area is 411 Å². The summed E-state index contributed by atoms with van der Waals surface area (Å²) in [5.41, 5.74) is 16.8. The Kier molecular flexibility index (Phi) is 14.2. The Morgan fingerprint density at radius 3 is 0.886 bits per heavy atom. The Morgan fingerprint density at radius 2 is 0.514 bits per heavy atom. The fourth-order valence-corrected chi connectivity index (χ4v) is 8.41. The summed E-state index contributed by atoms with van der Waals surface area (Å²) in [6.45, 7) is 0. The molecule has 0 amide bonds. The van der Waals surface area contributed by atoms with Gasteiger partial charge >= 0.3 is 0 Å². The van der Waals surface area contributed by atoms with Crippen LogP contribution in [-0.4, -0.2) is 14.1 Å². The SMILES string of the molecule is CN(c1ccc(C#N)cc1)c1ccc(N(c2ccccc2)c2ccc(-c3ccccc3)cc2)cc1.CN(c1ccc(N(c2ccccc2)c2ccc(-c3ccccc3)cc2)cc1)c1cccc(C#N)c1. The molecule has 0 aliphatic rings. The van der Waals surface area contributed by atoms with E-state index in [1.54, 1.807) is 0 Å². The van der Waals surface area contributed by atoms with Crippen LogP contribution in [0.25, 0.3) is 22.3 Å². The van der Waals surface area contributed by atoms with Gasteiger partial charge in [-0.05, 0) is 162 Å². The molecule has 0 saturated carbocycles. The summed E-state index contributed by atoms with van der Waals surface area (Å²) >= 11 is 0. The molecule has 70 heavy (non-hydrogen) atoms. The third-order valence-corrected chi connectivity index (χ3v) is 12.2. The number of hydrogen-bond donors (Lipinski definition) is 0. The molecular formula is C64H50N6. The second kappa shape index (κ2) is 21.8. The summed E-state index contributed by atoms with van der Waals surface area (Å²) in [4.78, 5) is 8.73. The fourth-order valence-electron chi connectivity index (χ4n) is 8.41. The Morgan fingerprint density at radius 1 is 0.243 bits per heavy atom. The molecule has 0 N–H and O–H groups in total. The van der Waals surface area contributed by atoms with E-state index in [9.17, 15) is 5.26 Å². The molecule has 0 bridgehead atoms. The van der Waals surface area contributed by atoms with Gasteiger partial charge in [0.15, 0.2) is 0 Å². The van der Waals surface area contributed by atoms with Crippen molar-refractivity contribution in [1.82, 2.24) is 0 Å². The van der Waals surface area contributed by atoms with Crippen LogP contribution in [0.15, 0.2) is 267 Å². The van der Waals surface area contributed by atoms with Crippen molar-refractivity contribution in [3.05, 3.63) is 278 Å². The van der Waals surface area contributed by atoms with Crippen LogP contribution >= 0.6 is 0 Å². The van der Waals surface area contributed by atoms with Gasteiger partial charge in [0.25, 0.3) is 0 Å². The molecule has 0 radical (unpaired) electrons. The Balaban J connectivity index is 0.000000174. The van der Waals surface area contributed by atoms with Gasteiger partial charge < -0.3 is 19.6 Å². The van der Waals surface area contributed by atoms with E-state index in [1.165, 1.54) is 22.3 Å². The summed E-state index contributed by atoms with van der Waals surface area (Å²) in [7, 11) is 4.05. The molecule has 0 unspecified atom stereocenters. The zero-order valence-electron chi connectivity index (χ0n) is 39.1. The second-order valence-corrected chi connectivity index (χ2v) is 16.6. The monoisotopic (exact) mass is 902 g/mol. The van der Waals surface area contributed by atoms with Crippen LogP contribution < -0.4 is 19.6 Å². The van der Waals surface area contributed by atoms with E-state index in [0.29, 0.717) is 11.1 Å². The van der Waals surface area contributed by atoms with Crippen molar-refractivity contribution in [3.8, 4) is 34.4 Å². The molecule has 6 nitrogen and oxygen atoms in total. The highest BCUT2D eigenvalue weighted by Gasteiger charge is 2.16. The lowest BCUT2D eigenvalue weighted by molar-refractivity contribution is 1.20. The highest BCUT2D eigenvalue weighted by Crippen LogP contribution is 2.39. The molecule has 6 heteroatoms. The maximum atomic E-state index is 9.24. The lowest BCUT2D eigenvalue weighted by Gasteiger charge is -2.27. The first-order valence-corrected chi connectivity index (χ1v) is 23.1. The molecule has 10 aromatic rings. The summed E-state index contributed by atoms with van der Waals surface area (Å²) in [6, 6.07) is 95.8. The van der Waals surface area contributed by atoms with Crippen molar-refractivity contribution in [1.29, 1.82) is 10.5 Å². The third-order valence-electron chi connectivity index (χ3n) is 12.2. The van der Waals surface area contributed by atoms with Crippen LogP contribution in [-0.2, 0) is 0 Å². The maximum absolute atomic E-state index is 9.24. The number of para-hydroxylation sites is 2. The molecule has 0 heterocycles. The normalized spacial score (nSPS) is 10.4. The van der Waals surface area contributed by atoms with E-state index in [-0.39, 0.29) is 0 Å². The highest BCUT2D eigenvalue weighted by molar-refractivity contribution is 5.81. The molecule has 10 rings (SSSR count). The van der Waals surface area contributed by atoms with Crippen molar-refractivity contribution in [2.75, 3.05) is 33.7 Å². The topological polar surface area (TPSA) is 60.5 Å². The Bertz CT molecular complexity index is 3310. The van der Waals surface area contributed by atoms with Crippen molar-refractivity contribution >= 4 is 56.9 Å². The molecular weight excluding hydrogens is 853 g/mol. The highest BCUT2D eigenvalue weighted by atomic mass is 15.2. The summed E-state index contributed by atoms with van der Waals surface area (Å²) < 4.78 is 0. The van der Waals surface area contributed by atoms with Gasteiger partial charge in [-0.15, -0.1) is 0 Å². The molecule has 10 aromatic carbocycles. The van der Waals surface area contributed by atoms with Gasteiger partial charge in [-0.1, -0.05) is 127 Å². The molecule has 0 spiro atoms. The third kappa shape index (κ3) is 10.6. The van der Waals surface area contributed by atoms with Crippen molar-refractivity contribution in [3.63, 3.8) is 0 Å². The number of hydrogen-bond acceptors (Lipinski definition) is 6. The average Bonchev–Trinajstić information content (AvgIpc) is 3.45. The summed E-state index contributed by atoms with van der Waals surface area (Å²) in [6.07, 6.45) is 0. The Hall–Kier alpha value is -9.62. The standard InChI is InChI=1S/2C32H25N3/c1-34(32-14-8-9-25(23-32)24-33)28-19-21-31(22-20-28)35(29-12-6-3-7-13-29)30-17-15-27(16-18-30)26-10-4-2-5-11-26;1-34(28-16-12-25(24-33)13-17-28)29-20-22-32(23-21-29)35(30-10-6-3-7-11-30)31-18-14-27(15-19-31)26-8-4-2-5-9-26/h2*2-23H,1H3. The predicted molar refractivity (Wildman–Crippen MR) is 292 cm³/mol. The molecule has 0 aliphatic heterocycles. The van der Waals surface area contributed by atoms with E-state index in [4.69, 9.17) is 5.26 Å². The second-order valence-electron chi connectivity index (χ2n) is 16.6. The van der Waals surface area contributed by atoms with Gasteiger partial charge in [0.05, 0.1) is 23.3 Å². The van der Waals surface area contributed by atoms with E-state index in [2.05, 4.69) is 226 Å². The average molecular weight is 903 g/mol. The lowest BCUT2D eigenvalue weighted by Crippen LogP contribution is -2.12. The van der Waals surface area contributed by atoms with Gasteiger partial charge in [0.1, 0.15) is 0 Å². The number of nitriles is 2. The number of anilines is 10. The fraction of sp³-hybridized carbons (Fsp3) is 0.0312. The summed E-state index contributed by atoms with van der Waals surface area (Å²) in [5.74, 6) is 0. The first kappa shape index (κ1) is 45.5. The summed E-state index contributed by atoms with van der Waals surface area (Å²) in [5, 5.41) is 18.3. The van der Waals surface area contributed by atoms with Gasteiger partial charge in [0.2, 0.25) is 0 Å². The predicted octanol–water partition coefficient (Wildman–Crippen LogP) is 16.9. The van der Waals surface area contributed by atoms with Crippen LogP contribution in [0, 0.1) is 22.7 Å². The number of rotatable bonds is 12. The van der Waals surface area contributed by atoms with Crippen LogP contribution in [0.5, 0.6) is 0 Å². The minimum absolute atomic E-state index is 0.653. The number of benzene rings is 10. The smallest absolute Gasteiger partial charge is 0.0992 e. The van der Waals surface area contributed by atoms with E-state index >= 15 is 0 Å².